The zero-order chi connectivity index (χ0) is 12.3. The Bertz CT molecular complexity index is 297. The molecule has 0 spiro atoms. The number of carboxylic acid groups (broad SMARTS) is 1. The number of rotatable bonds is 4. The quantitative estimate of drug-likeness (QED) is 0.767. The average molecular weight is 241 g/mol. The summed E-state index contributed by atoms with van der Waals surface area (Å²) in [6.07, 6.45) is 4.33. The highest BCUT2D eigenvalue weighted by Crippen LogP contribution is 2.31. The molecule has 3 fully saturated rings. The Labute approximate surface area is 101 Å². The van der Waals surface area contributed by atoms with E-state index in [1.54, 1.807) is 0 Å². The molecule has 1 saturated carbocycles. The fraction of sp³-hybridized carbons (Fsp3) is 0.833. The van der Waals surface area contributed by atoms with E-state index in [-0.39, 0.29) is 30.9 Å². The van der Waals surface area contributed by atoms with Crippen molar-refractivity contribution in [3.63, 3.8) is 0 Å². The third-order valence-electron chi connectivity index (χ3n) is 3.65. The first-order valence-corrected chi connectivity index (χ1v) is 6.28. The van der Waals surface area contributed by atoms with Crippen LogP contribution < -0.4 is 5.32 Å². The molecule has 3 atom stereocenters. The fourth-order valence-corrected chi connectivity index (χ4v) is 2.64. The number of ether oxygens (including phenoxy) is 1. The SMILES string of the molecule is O=C(O)CCC(=O)NC1CCC2CCC1OC2. The number of carbonyl (C=O) groups is 2. The van der Waals surface area contributed by atoms with Gasteiger partial charge in [0.05, 0.1) is 18.6 Å². The van der Waals surface area contributed by atoms with E-state index in [2.05, 4.69) is 5.32 Å². The zero-order valence-corrected chi connectivity index (χ0v) is 9.85. The van der Waals surface area contributed by atoms with Gasteiger partial charge in [-0.05, 0) is 31.6 Å². The second-order valence-corrected chi connectivity index (χ2v) is 4.96. The van der Waals surface area contributed by atoms with Gasteiger partial charge in [-0.3, -0.25) is 9.59 Å². The van der Waals surface area contributed by atoms with Crippen molar-refractivity contribution < 1.29 is 19.4 Å². The molecule has 0 aromatic carbocycles. The Morgan fingerprint density at radius 1 is 1.18 bits per heavy atom. The molecule has 2 saturated heterocycles. The summed E-state index contributed by atoms with van der Waals surface area (Å²) in [5.41, 5.74) is 0. The summed E-state index contributed by atoms with van der Waals surface area (Å²) in [7, 11) is 0. The van der Waals surface area contributed by atoms with Crippen LogP contribution in [-0.4, -0.2) is 35.7 Å². The summed E-state index contributed by atoms with van der Waals surface area (Å²) in [4.78, 5) is 21.9. The maximum absolute atomic E-state index is 11.6. The number of hydrogen-bond donors (Lipinski definition) is 2. The van der Waals surface area contributed by atoms with Gasteiger partial charge in [0.1, 0.15) is 0 Å². The van der Waals surface area contributed by atoms with Crippen LogP contribution in [0.3, 0.4) is 0 Å². The lowest BCUT2D eigenvalue weighted by Gasteiger charge is -2.28. The highest BCUT2D eigenvalue weighted by Gasteiger charge is 2.33. The highest BCUT2D eigenvalue weighted by molar-refractivity contribution is 5.80. The molecule has 96 valence electrons. The summed E-state index contributed by atoms with van der Waals surface area (Å²) >= 11 is 0. The number of carboxylic acids is 1. The normalized spacial score (nSPS) is 31.9. The van der Waals surface area contributed by atoms with Crippen LogP contribution in [0.1, 0.15) is 38.5 Å². The largest absolute Gasteiger partial charge is 0.481 e. The van der Waals surface area contributed by atoms with E-state index in [0.29, 0.717) is 5.92 Å². The molecule has 1 amide bonds. The summed E-state index contributed by atoms with van der Waals surface area (Å²) in [5.74, 6) is -0.461. The van der Waals surface area contributed by atoms with Crippen molar-refractivity contribution in [2.45, 2.75) is 50.7 Å². The molecule has 2 N–H and O–H groups in total. The molecule has 2 aliphatic heterocycles. The van der Waals surface area contributed by atoms with Crippen LogP contribution in [0.15, 0.2) is 0 Å². The molecule has 3 rings (SSSR count). The van der Waals surface area contributed by atoms with Gasteiger partial charge in [0.15, 0.2) is 0 Å². The van der Waals surface area contributed by atoms with Crippen LogP contribution in [0.2, 0.25) is 0 Å². The Morgan fingerprint density at radius 2 is 1.94 bits per heavy atom. The van der Waals surface area contributed by atoms with Crippen LogP contribution in [0.4, 0.5) is 0 Å². The van der Waals surface area contributed by atoms with E-state index in [1.807, 2.05) is 0 Å². The monoisotopic (exact) mass is 241 g/mol. The number of hydrogen-bond acceptors (Lipinski definition) is 3. The molecule has 0 aromatic rings. The molecule has 0 aromatic heterocycles. The second-order valence-electron chi connectivity index (χ2n) is 4.96. The van der Waals surface area contributed by atoms with Crippen molar-refractivity contribution in [3.8, 4) is 0 Å². The minimum absolute atomic E-state index is 0.0575. The van der Waals surface area contributed by atoms with Gasteiger partial charge in [-0.15, -0.1) is 0 Å². The van der Waals surface area contributed by atoms with Gasteiger partial charge >= 0.3 is 5.97 Å². The molecular formula is C12H19NO4. The van der Waals surface area contributed by atoms with E-state index < -0.39 is 5.97 Å². The lowest BCUT2D eigenvalue weighted by Crippen LogP contribution is -2.44. The first-order valence-electron chi connectivity index (χ1n) is 6.28. The number of fused-ring (bicyclic) bond motifs is 4. The van der Waals surface area contributed by atoms with E-state index >= 15 is 0 Å². The Hall–Kier alpha value is -1.10. The molecular weight excluding hydrogens is 222 g/mol. The van der Waals surface area contributed by atoms with Gasteiger partial charge in [-0.2, -0.15) is 0 Å². The molecule has 5 heteroatoms. The lowest BCUT2D eigenvalue weighted by atomic mass is 10.00. The highest BCUT2D eigenvalue weighted by atomic mass is 16.5. The standard InChI is InChI=1S/C12H19NO4/c14-11(5-6-12(15)16)13-9-3-1-8-2-4-10(9)17-7-8/h8-10H,1-7H2,(H,13,14)(H,15,16). The van der Waals surface area contributed by atoms with Crippen LogP contribution in [0.5, 0.6) is 0 Å². The summed E-state index contributed by atoms with van der Waals surface area (Å²) in [6, 6.07) is 0.0730. The minimum atomic E-state index is -0.932. The van der Waals surface area contributed by atoms with Crippen LogP contribution in [0, 0.1) is 5.92 Å². The first-order chi connectivity index (χ1) is 8.15. The molecule has 1 aliphatic carbocycles. The van der Waals surface area contributed by atoms with Crippen molar-refractivity contribution in [3.05, 3.63) is 0 Å². The predicted octanol–water partition coefficient (Wildman–Crippen LogP) is 0.925. The molecule has 3 unspecified atom stereocenters. The summed E-state index contributed by atoms with van der Waals surface area (Å²) < 4.78 is 5.71. The van der Waals surface area contributed by atoms with Gasteiger partial charge in [-0.1, -0.05) is 0 Å². The van der Waals surface area contributed by atoms with E-state index in [9.17, 15) is 9.59 Å². The zero-order valence-electron chi connectivity index (χ0n) is 9.85. The topological polar surface area (TPSA) is 75.6 Å². The molecule has 2 heterocycles. The van der Waals surface area contributed by atoms with Gasteiger partial charge in [-0.25, -0.2) is 0 Å². The summed E-state index contributed by atoms with van der Waals surface area (Å²) in [5, 5.41) is 11.4. The molecule has 0 radical (unpaired) electrons. The molecule has 2 bridgehead atoms. The maximum Gasteiger partial charge on any atom is 0.303 e. The van der Waals surface area contributed by atoms with Crippen molar-refractivity contribution in [1.82, 2.24) is 5.32 Å². The number of aliphatic carboxylic acids is 1. The van der Waals surface area contributed by atoms with Crippen molar-refractivity contribution in [2.24, 2.45) is 5.92 Å². The number of carbonyl (C=O) groups excluding carboxylic acids is 1. The van der Waals surface area contributed by atoms with E-state index in [1.165, 1.54) is 6.42 Å². The Morgan fingerprint density at radius 3 is 2.59 bits per heavy atom. The first kappa shape index (κ1) is 12.4. The third-order valence-corrected chi connectivity index (χ3v) is 3.65. The molecule has 17 heavy (non-hydrogen) atoms. The van der Waals surface area contributed by atoms with E-state index in [4.69, 9.17) is 9.84 Å². The van der Waals surface area contributed by atoms with Crippen molar-refractivity contribution in [1.29, 1.82) is 0 Å². The maximum atomic E-state index is 11.6. The number of amides is 1. The van der Waals surface area contributed by atoms with Gasteiger partial charge in [0.25, 0.3) is 0 Å². The third kappa shape index (κ3) is 3.43. The molecule has 5 nitrogen and oxygen atoms in total. The van der Waals surface area contributed by atoms with Crippen LogP contribution in [0.25, 0.3) is 0 Å². The van der Waals surface area contributed by atoms with Gasteiger partial charge in [0.2, 0.25) is 5.91 Å². The summed E-state index contributed by atoms with van der Waals surface area (Å²) in [6.45, 7) is 0.812. The van der Waals surface area contributed by atoms with Crippen molar-refractivity contribution in [2.75, 3.05) is 6.61 Å². The number of nitrogens with one attached hydrogen (secondary N) is 1. The van der Waals surface area contributed by atoms with Gasteiger partial charge in [0, 0.05) is 13.0 Å². The lowest BCUT2D eigenvalue weighted by molar-refractivity contribution is -0.139. The van der Waals surface area contributed by atoms with Crippen LogP contribution in [-0.2, 0) is 14.3 Å². The van der Waals surface area contributed by atoms with Crippen molar-refractivity contribution >= 4 is 11.9 Å². The fourth-order valence-electron chi connectivity index (χ4n) is 2.64. The van der Waals surface area contributed by atoms with E-state index in [0.717, 1.165) is 25.9 Å². The second kappa shape index (κ2) is 5.49. The smallest absolute Gasteiger partial charge is 0.303 e. The average Bonchev–Trinajstić information content (AvgIpc) is 2.61. The predicted molar refractivity (Wildman–Crippen MR) is 60.5 cm³/mol. The Balaban J connectivity index is 1.81. The van der Waals surface area contributed by atoms with Crippen LogP contribution >= 0.6 is 0 Å². The minimum Gasteiger partial charge on any atom is -0.481 e. The molecule has 3 aliphatic rings. The van der Waals surface area contributed by atoms with Gasteiger partial charge < -0.3 is 15.2 Å². The Kier molecular flexibility index (Phi) is 3.99.